The first-order valence-corrected chi connectivity index (χ1v) is 11.0. The van der Waals surface area contributed by atoms with Gasteiger partial charge in [0.05, 0.1) is 42.5 Å². The lowest BCUT2D eigenvalue weighted by molar-refractivity contribution is -0.142. The average molecular weight is 524 g/mol. The van der Waals surface area contributed by atoms with Crippen LogP contribution in [0.1, 0.15) is 15.9 Å². The van der Waals surface area contributed by atoms with Gasteiger partial charge in [0.25, 0.3) is 5.91 Å². The van der Waals surface area contributed by atoms with Crippen LogP contribution in [0.5, 0.6) is 11.5 Å². The molecule has 35 heavy (non-hydrogen) atoms. The zero-order valence-electron chi connectivity index (χ0n) is 19.0. The molecule has 184 valence electrons. The van der Waals surface area contributed by atoms with Crippen molar-refractivity contribution in [1.82, 2.24) is 5.32 Å². The maximum atomic E-state index is 14.3. The summed E-state index contributed by atoms with van der Waals surface area (Å²) in [6.45, 7) is 0. The van der Waals surface area contributed by atoms with Crippen molar-refractivity contribution in [1.29, 1.82) is 0 Å². The molecule has 0 heterocycles. The standard InChI is InChI=1S/C25H21Cl2F2NO5/c1-33-22-17(28)12-18(29)23(34-2)20(22)14-9-7-13(8-10-14)11-19(25(32)35-3)30-24(31)21-15(26)5-4-6-16(21)27/h4-10,12,19H,11H2,1-3H3,(H,30,31)/t19-/m0/s1. The molecule has 0 fully saturated rings. The van der Waals surface area contributed by atoms with Gasteiger partial charge in [0, 0.05) is 12.5 Å². The zero-order chi connectivity index (χ0) is 25.7. The third kappa shape index (κ3) is 5.66. The lowest BCUT2D eigenvalue weighted by atomic mass is 9.98. The molecule has 0 spiro atoms. The SMILES string of the molecule is COC(=O)[C@H](Cc1ccc(-c2c(OC)c(F)cc(F)c2OC)cc1)NC(=O)c1c(Cl)cccc1Cl. The number of benzene rings is 3. The van der Waals surface area contributed by atoms with E-state index in [0.717, 1.165) is 0 Å². The smallest absolute Gasteiger partial charge is 0.328 e. The molecule has 0 unspecified atom stereocenters. The average Bonchev–Trinajstić information content (AvgIpc) is 2.83. The molecule has 3 aromatic rings. The number of esters is 1. The lowest BCUT2D eigenvalue weighted by Crippen LogP contribution is -2.43. The van der Waals surface area contributed by atoms with Crippen LogP contribution in [0.25, 0.3) is 11.1 Å². The van der Waals surface area contributed by atoms with Crippen LogP contribution in [0.3, 0.4) is 0 Å². The van der Waals surface area contributed by atoms with Gasteiger partial charge < -0.3 is 19.5 Å². The number of methoxy groups -OCH3 is 3. The van der Waals surface area contributed by atoms with E-state index >= 15 is 0 Å². The van der Waals surface area contributed by atoms with Gasteiger partial charge in [-0.25, -0.2) is 13.6 Å². The molecule has 0 radical (unpaired) electrons. The predicted molar refractivity (Wildman–Crippen MR) is 128 cm³/mol. The summed E-state index contributed by atoms with van der Waals surface area (Å²) >= 11 is 12.2. The van der Waals surface area contributed by atoms with Gasteiger partial charge in [-0.2, -0.15) is 0 Å². The summed E-state index contributed by atoms with van der Waals surface area (Å²) in [6.07, 6.45) is 0.0621. The first-order valence-electron chi connectivity index (χ1n) is 10.2. The predicted octanol–water partition coefficient (Wildman–Crippen LogP) is 5.47. The maximum absolute atomic E-state index is 14.3. The highest BCUT2D eigenvalue weighted by molar-refractivity contribution is 6.39. The summed E-state index contributed by atoms with van der Waals surface area (Å²) < 4.78 is 43.6. The van der Waals surface area contributed by atoms with E-state index in [-0.39, 0.29) is 39.1 Å². The third-order valence-corrected chi connectivity index (χ3v) is 5.84. The third-order valence-electron chi connectivity index (χ3n) is 5.21. The van der Waals surface area contributed by atoms with Crippen molar-refractivity contribution in [3.63, 3.8) is 0 Å². The monoisotopic (exact) mass is 523 g/mol. The van der Waals surface area contributed by atoms with Gasteiger partial charge >= 0.3 is 5.97 Å². The highest BCUT2D eigenvalue weighted by atomic mass is 35.5. The molecule has 0 aliphatic heterocycles. The fourth-order valence-corrected chi connectivity index (χ4v) is 4.14. The highest BCUT2D eigenvalue weighted by Gasteiger charge is 2.26. The number of hydrogen-bond acceptors (Lipinski definition) is 5. The van der Waals surface area contributed by atoms with Gasteiger partial charge in [0.1, 0.15) is 6.04 Å². The van der Waals surface area contributed by atoms with Crippen LogP contribution in [-0.4, -0.2) is 39.2 Å². The van der Waals surface area contributed by atoms with Crippen molar-refractivity contribution in [3.05, 3.63) is 81.3 Å². The molecule has 1 amide bonds. The molecule has 0 aliphatic carbocycles. The maximum Gasteiger partial charge on any atom is 0.328 e. The molecule has 1 N–H and O–H groups in total. The fourth-order valence-electron chi connectivity index (χ4n) is 3.57. The number of rotatable bonds is 8. The molecule has 10 heteroatoms. The number of hydrogen-bond donors (Lipinski definition) is 1. The molecular formula is C25H21Cl2F2NO5. The van der Waals surface area contributed by atoms with E-state index in [2.05, 4.69) is 5.32 Å². The van der Waals surface area contributed by atoms with E-state index in [1.165, 1.54) is 33.5 Å². The van der Waals surface area contributed by atoms with E-state index in [1.54, 1.807) is 30.3 Å². The van der Waals surface area contributed by atoms with Crippen LogP contribution in [0.4, 0.5) is 8.78 Å². The zero-order valence-corrected chi connectivity index (χ0v) is 20.5. The first kappa shape index (κ1) is 26.2. The minimum Gasteiger partial charge on any atom is -0.493 e. The number of halogens is 4. The Hall–Kier alpha value is -3.36. The summed E-state index contributed by atoms with van der Waals surface area (Å²) in [4.78, 5) is 25.1. The van der Waals surface area contributed by atoms with Gasteiger partial charge in [-0.05, 0) is 23.3 Å². The molecule has 0 bridgehead atoms. The minimum absolute atomic E-state index is 0.0346. The van der Waals surface area contributed by atoms with Crippen LogP contribution in [0, 0.1) is 11.6 Å². The van der Waals surface area contributed by atoms with Gasteiger partial charge in [-0.1, -0.05) is 53.5 Å². The Balaban J connectivity index is 1.90. The number of carbonyl (C=O) groups excluding carboxylic acids is 2. The summed E-state index contributed by atoms with van der Waals surface area (Å²) in [5.74, 6) is -3.42. The van der Waals surface area contributed by atoms with Crippen LogP contribution in [0.2, 0.25) is 10.0 Å². The summed E-state index contributed by atoms with van der Waals surface area (Å²) in [7, 11) is 3.73. The minimum atomic E-state index is -1.05. The Bertz CT molecular complexity index is 1200. The summed E-state index contributed by atoms with van der Waals surface area (Å²) in [5.41, 5.74) is 1.18. The van der Waals surface area contributed by atoms with E-state index in [9.17, 15) is 18.4 Å². The fraction of sp³-hybridized carbons (Fsp3) is 0.200. The van der Waals surface area contributed by atoms with Crippen LogP contribution in [0.15, 0.2) is 48.5 Å². The van der Waals surface area contributed by atoms with Crippen molar-refractivity contribution < 1.29 is 32.6 Å². The molecule has 0 aromatic heterocycles. The van der Waals surface area contributed by atoms with Gasteiger partial charge in [-0.15, -0.1) is 0 Å². The van der Waals surface area contributed by atoms with Crippen molar-refractivity contribution in [2.75, 3.05) is 21.3 Å². The number of ether oxygens (including phenoxy) is 3. The summed E-state index contributed by atoms with van der Waals surface area (Å²) in [6, 6.07) is 10.7. The van der Waals surface area contributed by atoms with E-state index in [4.69, 9.17) is 37.4 Å². The van der Waals surface area contributed by atoms with Crippen molar-refractivity contribution in [2.45, 2.75) is 12.5 Å². The molecule has 3 rings (SSSR count). The topological polar surface area (TPSA) is 73.9 Å². The normalized spacial score (nSPS) is 11.5. The van der Waals surface area contributed by atoms with E-state index < -0.39 is 29.6 Å². The first-order chi connectivity index (χ1) is 16.7. The molecule has 3 aromatic carbocycles. The number of nitrogens with one attached hydrogen (secondary N) is 1. The largest absolute Gasteiger partial charge is 0.493 e. The molecule has 0 aliphatic rings. The Kier molecular flexibility index (Phi) is 8.53. The molecule has 1 atom stereocenters. The van der Waals surface area contributed by atoms with E-state index in [1.807, 2.05) is 0 Å². The van der Waals surface area contributed by atoms with Gasteiger partial charge in [0.2, 0.25) is 0 Å². The van der Waals surface area contributed by atoms with Crippen LogP contribution >= 0.6 is 23.2 Å². The van der Waals surface area contributed by atoms with Gasteiger partial charge in [-0.3, -0.25) is 4.79 Å². The van der Waals surface area contributed by atoms with Crippen molar-refractivity contribution >= 4 is 35.1 Å². The number of carbonyl (C=O) groups is 2. The van der Waals surface area contributed by atoms with Crippen molar-refractivity contribution in [2.24, 2.45) is 0 Å². The second-order valence-corrected chi connectivity index (χ2v) is 8.14. The second kappa shape index (κ2) is 11.4. The molecular weight excluding hydrogens is 503 g/mol. The van der Waals surface area contributed by atoms with Crippen LogP contribution < -0.4 is 14.8 Å². The lowest BCUT2D eigenvalue weighted by Gasteiger charge is -2.18. The molecule has 6 nitrogen and oxygen atoms in total. The Labute approximate surface area is 210 Å². The van der Waals surface area contributed by atoms with E-state index in [0.29, 0.717) is 17.2 Å². The Morgan fingerprint density at radius 1 is 0.914 bits per heavy atom. The molecule has 0 saturated heterocycles. The molecule has 0 saturated carbocycles. The van der Waals surface area contributed by atoms with Crippen molar-refractivity contribution in [3.8, 4) is 22.6 Å². The van der Waals surface area contributed by atoms with Gasteiger partial charge in [0.15, 0.2) is 23.1 Å². The Morgan fingerprint density at radius 3 is 1.94 bits per heavy atom. The quantitative estimate of drug-likeness (QED) is 0.396. The number of amides is 1. The summed E-state index contributed by atoms with van der Waals surface area (Å²) in [5, 5.41) is 2.86. The highest BCUT2D eigenvalue weighted by Crippen LogP contribution is 2.42. The Morgan fingerprint density at radius 2 is 1.46 bits per heavy atom. The van der Waals surface area contributed by atoms with Crippen LogP contribution in [-0.2, 0) is 16.0 Å². The second-order valence-electron chi connectivity index (χ2n) is 7.33.